The van der Waals surface area contributed by atoms with Crippen molar-refractivity contribution in [1.82, 2.24) is 9.62 Å². The fourth-order valence-electron chi connectivity index (χ4n) is 2.46. The maximum absolute atomic E-state index is 12.7. The van der Waals surface area contributed by atoms with Gasteiger partial charge in [0.25, 0.3) is 0 Å². The predicted octanol–water partition coefficient (Wildman–Crippen LogP) is 0.984. The number of methoxy groups -OCH3 is 1. The Morgan fingerprint density at radius 2 is 2.05 bits per heavy atom. The van der Waals surface area contributed by atoms with Gasteiger partial charge in [0.2, 0.25) is 15.9 Å². The third-order valence-electron chi connectivity index (χ3n) is 3.52. The molecule has 1 atom stereocenters. The summed E-state index contributed by atoms with van der Waals surface area (Å²) in [5.41, 5.74) is 0. The summed E-state index contributed by atoms with van der Waals surface area (Å²) in [6.45, 7) is 2.68. The number of benzene rings is 1. The van der Waals surface area contributed by atoms with Crippen molar-refractivity contribution in [2.24, 2.45) is 0 Å². The summed E-state index contributed by atoms with van der Waals surface area (Å²) in [6.07, 6.45) is 1.25. The zero-order chi connectivity index (χ0) is 15.5. The Labute approximate surface area is 125 Å². The van der Waals surface area contributed by atoms with Gasteiger partial charge >= 0.3 is 0 Å². The number of hydrogen-bond acceptors (Lipinski definition) is 4. The standard InChI is InChI=1S/C14H20N2O4S/c1-3-15-14(17)13-5-4-10-16(13)21(18,19)12-8-6-11(20-2)7-9-12/h6-9,13H,3-5,10H2,1-2H3,(H,15,17)/t13-/m0/s1. The molecule has 1 aromatic rings. The van der Waals surface area contributed by atoms with E-state index >= 15 is 0 Å². The van der Waals surface area contributed by atoms with E-state index in [4.69, 9.17) is 4.74 Å². The van der Waals surface area contributed by atoms with Gasteiger partial charge in [0.15, 0.2) is 0 Å². The van der Waals surface area contributed by atoms with Crippen LogP contribution >= 0.6 is 0 Å². The van der Waals surface area contributed by atoms with Gasteiger partial charge in [-0.05, 0) is 44.0 Å². The largest absolute Gasteiger partial charge is 0.497 e. The zero-order valence-electron chi connectivity index (χ0n) is 12.2. The summed E-state index contributed by atoms with van der Waals surface area (Å²) in [4.78, 5) is 12.2. The average molecular weight is 312 g/mol. The first kappa shape index (κ1) is 15.8. The molecule has 0 spiro atoms. The normalized spacial score (nSPS) is 19.4. The van der Waals surface area contributed by atoms with Gasteiger partial charge in [0.1, 0.15) is 11.8 Å². The van der Waals surface area contributed by atoms with E-state index in [2.05, 4.69) is 5.32 Å². The number of nitrogens with one attached hydrogen (secondary N) is 1. The molecule has 1 fully saturated rings. The molecule has 1 aromatic carbocycles. The Morgan fingerprint density at radius 3 is 2.62 bits per heavy atom. The summed E-state index contributed by atoms with van der Waals surface area (Å²) in [5, 5.41) is 2.69. The summed E-state index contributed by atoms with van der Waals surface area (Å²) < 4.78 is 31.6. The van der Waals surface area contributed by atoms with E-state index in [0.29, 0.717) is 31.7 Å². The maximum atomic E-state index is 12.7. The Kier molecular flexibility index (Phi) is 4.84. The highest BCUT2D eigenvalue weighted by atomic mass is 32.2. The number of carbonyl (C=O) groups excluding carboxylic acids is 1. The Balaban J connectivity index is 2.26. The van der Waals surface area contributed by atoms with E-state index in [-0.39, 0.29) is 10.8 Å². The Hall–Kier alpha value is -1.60. The van der Waals surface area contributed by atoms with Crippen LogP contribution in [-0.4, -0.2) is 44.9 Å². The minimum Gasteiger partial charge on any atom is -0.497 e. The fraction of sp³-hybridized carbons (Fsp3) is 0.500. The number of hydrogen-bond donors (Lipinski definition) is 1. The Morgan fingerprint density at radius 1 is 1.38 bits per heavy atom. The quantitative estimate of drug-likeness (QED) is 0.879. The smallest absolute Gasteiger partial charge is 0.243 e. The van der Waals surface area contributed by atoms with E-state index < -0.39 is 16.1 Å². The number of nitrogens with zero attached hydrogens (tertiary/aromatic N) is 1. The molecule has 0 aromatic heterocycles. The van der Waals surface area contributed by atoms with Crippen molar-refractivity contribution in [3.05, 3.63) is 24.3 Å². The van der Waals surface area contributed by atoms with E-state index in [1.165, 1.54) is 23.5 Å². The van der Waals surface area contributed by atoms with Crippen LogP contribution in [0.1, 0.15) is 19.8 Å². The van der Waals surface area contributed by atoms with Crippen LogP contribution in [0, 0.1) is 0 Å². The van der Waals surface area contributed by atoms with Gasteiger partial charge in [-0.2, -0.15) is 4.31 Å². The first-order chi connectivity index (χ1) is 10.0. The van der Waals surface area contributed by atoms with E-state index in [9.17, 15) is 13.2 Å². The van der Waals surface area contributed by atoms with Crippen molar-refractivity contribution >= 4 is 15.9 Å². The molecule has 1 aliphatic heterocycles. The molecule has 116 valence electrons. The van der Waals surface area contributed by atoms with Crippen LogP contribution in [0.25, 0.3) is 0 Å². The average Bonchev–Trinajstić information content (AvgIpc) is 2.98. The fourth-order valence-corrected chi connectivity index (χ4v) is 4.12. The molecule has 21 heavy (non-hydrogen) atoms. The second-order valence-electron chi connectivity index (χ2n) is 4.84. The van der Waals surface area contributed by atoms with Crippen molar-refractivity contribution in [1.29, 1.82) is 0 Å². The first-order valence-electron chi connectivity index (χ1n) is 6.94. The summed E-state index contributed by atoms with van der Waals surface area (Å²) in [5.74, 6) is 0.364. The molecule has 0 aliphatic carbocycles. The molecule has 2 rings (SSSR count). The molecule has 1 saturated heterocycles. The molecule has 6 nitrogen and oxygen atoms in total. The van der Waals surface area contributed by atoms with Gasteiger partial charge in [-0.3, -0.25) is 4.79 Å². The minimum absolute atomic E-state index is 0.180. The zero-order valence-corrected chi connectivity index (χ0v) is 13.0. The lowest BCUT2D eigenvalue weighted by Crippen LogP contribution is -2.45. The van der Waals surface area contributed by atoms with Gasteiger partial charge in [0, 0.05) is 13.1 Å². The number of sulfonamides is 1. The molecule has 0 bridgehead atoms. The van der Waals surface area contributed by atoms with Crippen LogP contribution in [-0.2, 0) is 14.8 Å². The van der Waals surface area contributed by atoms with Crippen LogP contribution in [0.15, 0.2) is 29.2 Å². The highest BCUT2D eigenvalue weighted by Gasteiger charge is 2.39. The molecular weight excluding hydrogens is 292 g/mol. The lowest BCUT2D eigenvalue weighted by atomic mass is 10.2. The maximum Gasteiger partial charge on any atom is 0.243 e. The molecule has 1 N–H and O–H groups in total. The van der Waals surface area contributed by atoms with Gasteiger partial charge in [-0.15, -0.1) is 0 Å². The number of rotatable bonds is 5. The number of ether oxygens (including phenoxy) is 1. The molecule has 7 heteroatoms. The summed E-state index contributed by atoms with van der Waals surface area (Å²) in [7, 11) is -2.14. The highest BCUT2D eigenvalue weighted by Crippen LogP contribution is 2.27. The van der Waals surface area contributed by atoms with Crippen LogP contribution in [0.5, 0.6) is 5.75 Å². The van der Waals surface area contributed by atoms with E-state index in [0.717, 1.165) is 0 Å². The van der Waals surface area contributed by atoms with Gasteiger partial charge in [-0.25, -0.2) is 8.42 Å². The third kappa shape index (κ3) is 3.19. The van der Waals surface area contributed by atoms with Crippen molar-refractivity contribution in [2.75, 3.05) is 20.2 Å². The van der Waals surface area contributed by atoms with Crippen molar-refractivity contribution in [3.8, 4) is 5.75 Å². The first-order valence-corrected chi connectivity index (χ1v) is 8.38. The summed E-state index contributed by atoms with van der Waals surface area (Å²) >= 11 is 0. The second-order valence-corrected chi connectivity index (χ2v) is 6.73. The van der Waals surface area contributed by atoms with Crippen molar-refractivity contribution in [2.45, 2.75) is 30.7 Å². The number of carbonyl (C=O) groups is 1. The van der Waals surface area contributed by atoms with E-state index in [1.807, 2.05) is 6.92 Å². The number of likely N-dealkylation sites (N-methyl/N-ethyl adjacent to an activating group) is 1. The lowest BCUT2D eigenvalue weighted by molar-refractivity contribution is -0.124. The highest BCUT2D eigenvalue weighted by molar-refractivity contribution is 7.89. The molecule has 0 unspecified atom stereocenters. The molecule has 1 amide bonds. The third-order valence-corrected chi connectivity index (χ3v) is 5.45. The molecule has 1 aliphatic rings. The van der Waals surface area contributed by atoms with Crippen molar-refractivity contribution < 1.29 is 17.9 Å². The molecule has 1 heterocycles. The minimum atomic E-state index is -3.66. The molecular formula is C14H20N2O4S. The summed E-state index contributed by atoms with van der Waals surface area (Å²) in [6, 6.07) is 5.59. The second kappa shape index (κ2) is 6.44. The van der Waals surface area contributed by atoms with Crippen molar-refractivity contribution in [3.63, 3.8) is 0 Å². The monoisotopic (exact) mass is 312 g/mol. The van der Waals surface area contributed by atoms with E-state index in [1.54, 1.807) is 12.1 Å². The van der Waals surface area contributed by atoms with Crippen LogP contribution in [0.3, 0.4) is 0 Å². The predicted molar refractivity (Wildman–Crippen MR) is 78.6 cm³/mol. The molecule has 0 radical (unpaired) electrons. The van der Waals surface area contributed by atoms with Crippen LogP contribution in [0.2, 0.25) is 0 Å². The Bertz CT molecular complexity index is 598. The van der Waals surface area contributed by atoms with Crippen LogP contribution < -0.4 is 10.1 Å². The van der Waals surface area contributed by atoms with Crippen LogP contribution in [0.4, 0.5) is 0 Å². The topological polar surface area (TPSA) is 75.7 Å². The van der Waals surface area contributed by atoms with Gasteiger partial charge in [0.05, 0.1) is 12.0 Å². The van der Waals surface area contributed by atoms with Gasteiger partial charge < -0.3 is 10.1 Å². The van der Waals surface area contributed by atoms with Gasteiger partial charge in [-0.1, -0.05) is 0 Å². The number of amides is 1. The molecule has 0 saturated carbocycles. The lowest BCUT2D eigenvalue weighted by Gasteiger charge is -2.23. The SMILES string of the molecule is CCNC(=O)[C@@H]1CCCN1S(=O)(=O)c1ccc(OC)cc1.